The summed E-state index contributed by atoms with van der Waals surface area (Å²) in [6, 6.07) is 0. The molecular formula is C72H112O6. The van der Waals surface area contributed by atoms with Crippen molar-refractivity contribution in [1.82, 2.24) is 0 Å². The molecule has 1 unspecified atom stereocenters. The average Bonchev–Trinajstić information content (AvgIpc) is 3.44. The van der Waals surface area contributed by atoms with Crippen molar-refractivity contribution < 1.29 is 28.6 Å². The van der Waals surface area contributed by atoms with Crippen LogP contribution in [0.15, 0.2) is 170 Å². The molecule has 0 amide bonds. The molecule has 0 fully saturated rings. The number of hydrogen-bond acceptors (Lipinski definition) is 6. The van der Waals surface area contributed by atoms with E-state index in [4.69, 9.17) is 14.2 Å². The maximum absolute atomic E-state index is 12.9. The molecule has 0 saturated carbocycles. The average molecular weight is 1070 g/mol. The predicted molar refractivity (Wildman–Crippen MR) is 338 cm³/mol. The largest absolute Gasteiger partial charge is 0.462 e. The van der Waals surface area contributed by atoms with Crippen LogP contribution in [0.5, 0.6) is 0 Å². The molecule has 0 spiro atoms. The van der Waals surface area contributed by atoms with Gasteiger partial charge in [-0.15, -0.1) is 0 Å². The van der Waals surface area contributed by atoms with E-state index in [1.165, 1.54) is 12.8 Å². The van der Waals surface area contributed by atoms with Gasteiger partial charge in [0.05, 0.1) is 0 Å². The number of ether oxygens (including phenoxy) is 3. The van der Waals surface area contributed by atoms with E-state index in [0.717, 1.165) is 193 Å². The van der Waals surface area contributed by atoms with Crippen molar-refractivity contribution in [3.8, 4) is 0 Å². The van der Waals surface area contributed by atoms with Gasteiger partial charge >= 0.3 is 17.9 Å². The minimum Gasteiger partial charge on any atom is -0.462 e. The Hall–Kier alpha value is -5.23. The van der Waals surface area contributed by atoms with E-state index in [1.54, 1.807) is 0 Å². The van der Waals surface area contributed by atoms with Crippen LogP contribution in [-0.4, -0.2) is 37.2 Å². The molecule has 0 heterocycles. The fourth-order valence-electron chi connectivity index (χ4n) is 7.84. The Morgan fingerprint density at radius 1 is 0.269 bits per heavy atom. The van der Waals surface area contributed by atoms with Crippen molar-refractivity contribution in [1.29, 1.82) is 0 Å². The minimum atomic E-state index is -0.811. The standard InChI is InChI=1S/C72H112O6/c1-4-7-10-13-16-19-22-24-26-28-29-30-31-32-33-34-35-36-37-38-39-40-41-42-43-45-46-48-50-53-56-59-62-65-71(74)77-68-69(67-76-70(73)64-61-58-55-52-21-18-15-12-9-6-3)78-72(75)66-63-60-57-54-51-49-47-44-27-25-23-20-17-14-11-8-5-2/h7-8,10-12,15-17,19-20,24-27,29-30,32-33,35-36,38-39,41-42,45-47,49,69H,4-6,9,13-14,18,21-23,28,31,34,37,40,43-44,48,50-68H2,1-3H3/b10-7-,11-8-,15-12-,19-16-,20-17-,26-24-,27-25-,30-29-,33-32-,36-35-,39-38-,42-41-,46-45-,49-47-. The third-order valence-electron chi connectivity index (χ3n) is 12.4. The van der Waals surface area contributed by atoms with Gasteiger partial charge in [0.15, 0.2) is 6.10 Å². The molecule has 6 heteroatoms. The lowest BCUT2D eigenvalue weighted by Gasteiger charge is -2.18. The summed E-state index contributed by atoms with van der Waals surface area (Å²) in [5.74, 6) is -0.968. The fraction of sp³-hybridized carbons (Fsp3) is 0.569. The van der Waals surface area contributed by atoms with Crippen LogP contribution in [-0.2, 0) is 28.6 Å². The van der Waals surface area contributed by atoms with Crippen molar-refractivity contribution in [2.75, 3.05) is 13.2 Å². The topological polar surface area (TPSA) is 78.9 Å². The molecule has 0 aliphatic carbocycles. The predicted octanol–water partition coefficient (Wildman–Crippen LogP) is 21.5. The zero-order chi connectivity index (χ0) is 56.4. The first-order chi connectivity index (χ1) is 38.5. The van der Waals surface area contributed by atoms with E-state index in [9.17, 15) is 14.4 Å². The second kappa shape index (κ2) is 64.3. The van der Waals surface area contributed by atoms with Crippen LogP contribution in [0.3, 0.4) is 0 Å². The van der Waals surface area contributed by atoms with E-state index >= 15 is 0 Å². The molecule has 0 saturated heterocycles. The first kappa shape index (κ1) is 72.8. The normalized spacial score (nSPS) is 13.3. The van der Waals surface area contributed by atoms with Gasteiger partial charge in [-0.05, 0) is 148 Å². The quantitative estimate of drug-likeness (QED) is 0.0261. The summed E-state index contributed by atoms with van der Waals surface area (Å²) < 4.78 is 16.8. The maximum atomic E-state index is 12.9. The highest BCUT2D eigenvalue weighted by Crippen LogP contribution is 2.13. The van der Waals surface area contributed by atoms with Crippen LogP contribution in [0.4, 0.5) is 0 Å². The SMILES string of the molecule is CC/C=C\C/C=C\C/C=C\C/C=C\C/C=C\C/C=C\C/C=C\C/C=C\C/C=C\CCCCCCCC(=O)OCC(COC(=O)CCCCCCC/C=C\CCC)OC(=O)CCCCCC/C=C\C/C=C\C/C=C\C/C=C\CC. The molecule has 0 N–H and O–H groups in total. The lowest BCUT2D eigenvalue weighted by Crippen LogP contribution is -2.30. The highest BCUT2D eigenvalue weighted by atomic mass is 16.6. The molecule has 0 aromatic heterocycles. The number of hydrogen-bond donors (Lipinski definition) is 0. The van der Waals surface area contributed by atoms with Gasteiger partial charge in [-0.3, -0.25) is 14.4 Å². The molecule has 0 rings (SSSR count). The Labute approximate surface area is 479 Å². The van der Waals surface area contributed by atoms with Crippen molar-refractivity contribution in [2.24, 2.45) is 0 Å². The molecule has 0 aromatic carbocycles. The van der Waals surface area contributed by atoms with E-state index in [-0.39, 0.29) is 37.5 Å². The van der Waals surface area contributed by atoms with Crippen molar-refractivity contribution in [2.45, 2.75) is 252 Å². The van der Waals surface area contributed by atoms with E-state index < -0.39 is 6.10 Å². The first-order valence-corrected chi connectivity index (χ1v) is 31.1. The van der Waals surface area contributed by atoms with Crippen molar-refractivity contribution in [3.05, 3.63) is 170 Å². The molecule has 436 valence electrons. The summed E-state index contributed by atoms with van der Waals surface area (Å²) in [5, 5.41) is 0. The molecule has 0 radical (unpaired) electrons. The van der Waals surface area contributed by atoms with Crippen molar-refractivity contribution >= 4 is 17.9 Å². The molecule has 78 heavy (non-hydrogen) atoms. The van der Waals surface area contributed by atoms with Crippen molar-refractivity contribution in [3.63, 3.8) is 0 Å². The van der Waals surface area contributed by atoms with Gasteiger partial charge in [-0.1, -0.05) is 249 Å². The Balaban J connectivity index is 4.33. The number of esters is 3. The maximum Gasteiger partial charge on any atom is 0.306 e. The number of carbonyl (C=O) groups is 3. The molecular weight excluding hydrogens is 961 g/mol. The zero-order valence-corrected chi connectivity index (χ0v) is 49.9. The minimum absolute atomic E-state index is 0.106. The Morgan fingerprint density at radius 3 is 0.795 bits per heavy atom. The van der Waals surface area contributed by atoms with Crippen LogP contribution in [0.2, 0.25) is 0 Å². The Morgan fingerprint density at radius 2 is 0.500 bits per heavy atom. The van der Waals surface area contributed by atoms with E-state index in [1.807, 2.05) is 0 Å². The molecule has 1 atom stereocenters. The van der Waals surface area contributed by atoms with Crippen LogP contribution in [0, 0.1) is 0 Å². The molecule has 0 aliphatic heterocycles. The molecule has 0 bridgehead atoms. The van der Waals surface area contributed by atoms with Crippen LogP contribution in [0.25, 0.3) is 0 Å². The summed E-state index contributed by atoms with van der Waals surface area (Å²) >= 11 is 0. The number of carbonyl (C=O) groups excluding carboxylic acids is 3. The Bertz CT molecular complexity index is 1810. The third kappa shape index (κ3) is 61.6. The molecule has 0 aliphatic rings. The van der Waals surface area contributed by atoms with Gasteiger partial charge in [0.1, 0.15) is 13.2 Å². The molecule has 0 aromatic rings. The van der Waals surface area contributed by atoms with Crippen LogP contribution < -0.4 is 0 Å². The van der Waals surface area contributed by atoms with Gasteiger partial charge in [0.25, 0.3) is 0 Å². The van der Waals surface area contributed by atoms with Gasteiger partial charge in [0.2, 0.25) is 0 Å². The van der Waals surface area contributed by atoms with Gasteiger partial charge in [-0.25, -0.2) is 0 Å². The van der Waals surface area contributed by atoms with Gasteiger partial charge in [0, 0.05) is 19.3 Å². The highest BCUT2D eigenvalue weighted by Gasteiger charge is 2.19. The lowest BCUT2D eigenvalue weighted by atomic mass is 10.1. The van der Waals surface area contributed by atoms with E-state index in [2.05, 4.69) is 191 Å². The zero-order valence-electron chi connectivity index (χ0n) is 49.9. The summed E-state index contributed by atoms with van der Waals surface area (Å²) in [4.78, 5) is 38.1. The smallest absolute Gasteiger partial charge is 0.306 e. The second-order valence-corrected chi connectivity index (χ2v) is 19.8. The van der Waals surface area contributed by atoms with Gasteiger partial charge < -0.3 is 14.2 Å². The van der Waals surface area contributed by atoms with Crippen LogP contribution >= 0.6 is 0 Å². The fourth-order valence-corrected chi connectivity index (χ4v) is 7.84. The number of unbranched alkanes of at least 4 members (excludes halogenated alkanes) is 15. The monoisotopic (exact) mass is 1070 g/mol. The summed E-state index contributed by atoms with van der Waals surface area (Å²) in [6.45, 7) is 6.29. The van der Waals surface area contributed by atoms with Gasteiger partial charge in [-0.2, -0.15) is 0 Å². The van der Waals surface area contributed by atoms with E-state index in [0.29, 0.717) is 12.8 Å². The number of allylic oxidation sites excluding steroid dienone is 28. The second-order valence-electron chi connectivity index (χ2n) is 19.8. The third-order valence-corrected chi connectivity index (χ3v) is 12.4. The summed E-state index contributed by atoms with van der Waals surface area (Å²) in [6.07, 6.45) is 95.1. The Kier molecular flexibility index (Phi) is 60.0. The number of rotatable bonds is 54. The summed E-state index contributed by atoms with van der Waals surface area (Å²) in [7, 11) is 0. The summed E-state index contributed by atoms with van der Waals surface area (Å²) in [5.41, 5.74) is 0. The molecule has 6 nitrogen and oxygen atoms in total. The van der Waals surface area contributed by atoms with Crippen LogP contribution in [0.1, 0.15) is 245 Å². The highest BCUT2D eigenvalue weighted by molar-refractivity contribution is 5.71. The first-order valence-electron chi connectivity index (χ1n) is 31.1. The lowest BCUT2D eigenvalue weighted by molar-refractivity contribution is -0.167.